The molecule has 0 aromatic heterocycles. The lowest BCUT2D eigenvalue weighted by atomic mass is 10.0. The second-order valence-electron chi connectivity index (χ2n) is 7.74. The van der Waals surface area contributed by atoms with Crippen molar-refractivity contribution in [2.24, 2.45) is 0 Å². The second-order valence-corrected chi connectivity index (χ2v) is 7.74. The Labute approximate surface area is 177 Å². The van der Waals surface area contributed by atoms with Gasteiger partial charge in [0.2, 0.25) is 5.91 Å². The zero-order valence-electron chi connectivity index (χ0n) is 17.4. The van der Waals surface area contributed by atoms with Gasteiger partial charge in [-0.25, -0.2) is 0 Å². The van der Waals surface area contributed by atoms with Crippen LogP contribution in [0.1, 0.15) is 40.4 Å². The van der Waals surface area contributed by atoms with E-state index in [9.17, 15) is 9.59 Å². The zero-order valence-corrected chi connectivity index (χ0v) is 17.4. The molecule has 0 saturated heterocycles. The highest BCUT2D eigenvalue weighted by atomic mass is 16.2. The number of rotatable bonds is 5. The van der Waals surface area contributed by atoms with Gasteiger partial charge in [0, 0.05) is 30.8 Å². The topological polar surface area (TPSA) is 49.4 Å². The van der Waals surface area contributed by atoms with Crippen molar-refractivity contribution in [1.82, 2.24) is 5.32 Å². The standard InChI is InChI=1S/C26H26N2O2/c1-3-25(29)28-15-14-23-16-22(12-13-24(23)28)20-8-10-21(11-9-20)26(30)27-17-19-6-4-18(2)5-7-19/h4-13,16H,3,14-15,17H2,1-2H3,(H,27,30). The van der Waals surface area contributed by atoms with Gasteiger partial charge in [0.1, 0.15) is 0 Å². The summed E-state index contributed by atoms with van der Waals surface area (Å²) >= 11 is 0. The molecule has 0 saturated carbocycles. The Morgan fingerprint density at radius 1 is 0.933 bits per heavy atom. The van der Waals surface area contributed by atoms with Crippen LogP contribution in [-0.4, -0.2) is 18.4 Å². The van der Waals surface area contributed by atoms with Crippen LogP contribution >= 0.6 is 0 Å². The van der Waals surface area contributed by atoms with E-state index in [-0.39, 0.29) is 11.8 Å². The highest BCUT2D eigenvalue weighted by molar-refractivity contribution is 5.96. The number of fused-ring (bicyclic) bond motifs is 1. The summed E-state index contributed by atoms with van der Waals surface area (Å²) in [5.41, 5.74) is 7.33. The minimum Gasteiger partial charge on any atom is -0.348 e. The molecular formula is C26H26N2O2. The van der Waals surface area contributed by atoms with Gasteiger partial charge in [0.15, 0.2) is 0 Å². The third-order valence-corrected chi connectivity index (χ3v) is 5.63. The molecular weight excluding hydrogens is 372 g/mol. The van der Waals surface area contributed by atoms with Crippen LogP contribution < -0.4 is 10.2 Å². The number of carbonyl (C=O) groups excluding carboxylic acids is 2. The van der Waals surface area contributed by atoms with Crippen molar-refractivity contribution in [1.29, 1.82) is 0 Å². The molecule has 1 N–H and O–H groups in total. The number of hydrogen-bond acceptors (Lipinski definition) is 2. The van der Waals surface area contributed by atoms with Crippen LogP contribution in [0.2, 0.25) is 0 Å². The molecule has 1 heterocycles. The molecule has 1 aliphatic rings. The molecule has 152 valence electrons. The first-order valence-electron chi connectivity index (χ1n) is 10.4. The van der Waals surface area contributed by atoms with E-state index in [0.717, 1.165) is 35.3 Å². The predicted molar refractivity (Wildman–Crippen MR) is 121 cm³/mol. The van der Waals surface area contributed by atoms with Crippen molar-refractivity contribution in [2.45, 2.75) is 33.2 Å². The van der Waals surface area contributed by atoms with Gasteiger partial charge in [0.25, 0.3) is 5.91 Å². The molecule has 0 atom stereocenters. The van der Waals surface area contributed by atoms with Crippen LogP contribution in [0.3, 0.4) is 0 Å². The number of nitrogens with one attached hydrogen (secondary N) is 1. The highest BCUT2D eigenvalue weighted by Crippen LogP contribution is 2.32. The maximum Gasteiger partial charge on any atom is 0.251 e. The maximum atomic E-state index is 12.5. The first-order valence-corrected chi connectivity index (χ1v) is 10.4. The first-order chi connectivity index (χ1) is 14.5. The Balaban J connectivity index is 1.44. The number of carbonyl (C=O) groups is 2. The van der Waals surface area contributed by atoms with Crippen LogP contribution in [0.15, 0.2) is 66.7 Å². The minimum atomic E-state index is -0.0789. The van der Waals surface area contributed by atoms with Gasteiger partial charge < -0.3 is 10.2 Å². The third-order valence-electron chi connectivity index (χ3n) is 5.63. The summed E-state index contributed by atoms with van der Waals surface area (Å²) in [5.74, 6) is 0.0901. The summed E-state index contributed by atoms with van der Waals surface area (Å²) in [6.07, 6.45) is 1.41. The van der Waals surface area contributed by atoms with Crippen molar-refractivity contribution >= 4 is 17.5 Å². The van der Waals surface area contributed by atoms with Gasteiger partial charge in [-0.15, -0.1) is 0 Å². The summed E-state index contributed by atoms with van der Waals surface area (Å²) in [6, 6.07) is 22.1. The SMILES string of the molecule is CCC(=O)N1CCc2cc(-c3ccc(C(=O)NCc4ccc(C)cc4)cc3)ccc21. The van der Waals surface area contributed by atoms with E-state index >= 15 is 0 Å². The Kier molecular flexibility index (Phi) is 5.66. The van der Waals surface area contributed by atoms with Gasteiger partial charge in [-0.2, -0.15) is 0 Å². The number of benzene rings is 3. The van der Waals surface area contributed by atoms with E-state index in [1.165, 1.54) is 11.1 Å². The molecule has 4 nitrogen and oxygen atoms in total. The maximum absolute atomic E-state index is 12.5. The lowest BCUT2D eigenvalue weighted by Crippen LogP contribution is -2.27. The van der Waals surface area contributed by atoms with Crippen LogP contribution in [0.5, 0.6) is 0 Å². The lowest BCUT2D eigenvalue weighted by molar-refractivity contribution is -0.118. The van der Waals surface area contributed by atoms with Gasteiger partial charge in [-0.05, 0) is 59.9 Å². The molecule has 3 aromatic rings. The van der Waals surface area contributed by atoms with Gasteiger partial charge >= 0.3 is 0 Å². The fourth-order valence-electron chi connectivity index (χ4n) is 3.84. The van der Waals surface area contributed by atoms with E-state index < -0.39 is 0 Å². The predicted octanol–water partition coefficient (Wildman–Crippen LogP) is 4.89. The van der Waals surface area contributed by atoms with E-state index in [4.69, 9.17) is 0 Å². The fourth-order valence-corrected chi connectivity index (χ4v) is 3.84. The Morgan fingerprint density at radius 2 is 1.63 bits per heavy atom. The van der Waals surface area contributed by atoms with Crippen molar-refractivity contribution in [3.05, 3.63) is 89.0 Å². The average Bonchev–Trinajstić information content (AvgIpc) is 3.21. The zero-order chi connectivity index (χ0) is 21.1. The number of amides is 2. The third kappa shape index (κ3) is 4.13. The number of aryl methyl sites for hydroxylation is 1. The largest absolute Gasteiger partial charge is 0.348 e. The molecule has 0 unspecified atom stereocenters. The number of anilines is 1. The van der Waals surface area contributed by atoms with Crippen LogP contribution in [0, 0.1) is 6.92 Å². The van der Waals surface area contributed by atoms with Crippen molar-refractivity contribution in [2.75, 3.05) is 11.4 Å². The summed E-state index contributed by atoms with van der Waals surface area (Å²) in [4.78, 5) is 26.4. The number of hydrogen-bond donors (Lipinski definition) is 1. The van der Waals surface area contributed by atoms with Crippen molar-refractivity contribution in [3.8, 4) is 11.1 Å². The van der Waals surface area contributed by atoms with E-state index in [1.807, 2.05) is 79.4 Å². The number of nitrogens with zero attached hydrogens (tertiary/aromatic N) is 1. The van der Waals surface area contributed by atoms with Gasteiger partial charge in [-0.1, -0.05) is 55.0 Å². The molecule has 0 bridgehead atoms. The smallest absolute Gasteiger partial charge is 0.251 e. The summed E-state index contributed by atoms with van der Waals surface area (Å²) in [7, 11) is 0. The van der Waals surface area contributed by atoms with Crippen molar-refractivity contribution in [3.63, 3.8) is 0 Å². The van der Waals surface area contributed by atoms with Gasteiger partial charge in [0.05, 0.1) is 0 Å². The van der Waals surface area contributed by atoms with E-state index in [0.29, 0.717) is 18.5 Å². The first kappa shape index (κ1) is 19.9. The molecule has 0 fully saturated rings. The molecule has 4 rings (SSSR count). The van der Waals surface area contributed by atoms with Crippen LogP contribution in [0.4, 0.5) is 5.69 Å². The second kappa shape index (κ2) is 8.54. The molecule has 2 amide bonds. The van der Waals surface area contributed by atoms with Crippen LogP contribution in [0.25, 0.3) is 11.1 Å². The van der Waals surface area contributed by atoms with Crippen LogP contribution in [-0.2, 0) is 17.8 Å². The Morgan fingerprint density at radius 3 is 2.33 bits per heavy atom. The lowest BCUT2D eigenvalue weighted by Gasteiger charge is -2.16. The monoisotopic (exact) mass is 398 g/mol. The normalized spacial score (nSPS) is 12.5. The summed E-state index contributed by atoms with van der Waals surface area (Å²) in [6.45, 7) is 5.21. The quantitative estimate of drug-likeness (QED) is 0.665. The minimum absolute atomic E-state index is 0.0789. The Hall–Kier alpha value is -3.40. The molecule has 30 heavy (non-hydrogen) atoms. The summed E-state index contributed by atoms with van der Waals surface area (Å²) in [5, 5.41) is 2.97. The average molecular weight is 399 g/mol. The highest BCUT2D eigenvalue weighted by Gasteiger charge is 2.23. The Bertz CT molecular complexity index is 1070. The van der Waals surface area contributed by atoms with Crippen molar-refractivity contribution < 1.29 is 9.59 Å². The molecule has 4 heteroatoms. The van der Waals surface area contributed by atoms with Gasteiger partial charge in [-0.3, -0.25) is 9.59 Å². The van der Waals surface area contributed by atoms with E-state index in [1.54, 1.807) is 0 Å². The summed E-state index contributed by atoms with van der Waals surface area (Å²) < 4.78 is 0. The molecule has 0 radical (unpaired) electrons. The van der Waals surface area contributed by atoms with E-state index in [2.05, 4.69) is 11.4 Å². The fraction of sp³-hybridized carbons (Fsp3) is 0.231. The molecule has 1 aliphatic heterocycles. The molecule has 0 aliphatic carbocycles. The molecule has 0 spiro atoms. The molecule has 3 aromatic carbocycles.